The summed E-state index contributed by atoms with van der Waals surface area (Å²) in [5.41, 5.74) is 1.83. The van der Waals surface area contributed by atoms with Gasteiger partial charge in [0.15, 0.2) is 0 Å². The van der Waals surface area contributed by atoms with Gasteiger partial charge in [0.2, 0.25) is 0 Å². The minimum atomic E-state index is -0.409. The summed E-state index contributed by atoms with van der Waals surface area (Å²) in [4.78, 5) is 0. The van der Waals surface area contributed by atoms with Crippen LogP contribution >= 0.6 is 15.9 Å². The Morgan fingerprint density at radius 1 is 1.50 bits per heavy atom. The van der Waals surface area contributed by atoms with Crippen LogP contribution in [0.3, 0.4) is 0 Å². The van der Waals surface area contributed by atoms with Crippen molar-refractivity contribution in [2.45, 2.75) is 12.3 Å². The highest BCUT2D eigenvalue weighted by molar-refractivity contribution is 9.10. The summed E-state index contributed by atoms with van der Waals surface area (Å²) in [7, 11) is 0. The molecule has 0 amide bonds. The maximum atomic E-state index is 9.16. The number of halogens is 1. The summed E-state index contributed by atoms with van der Waals surface area (Å²) >= 11 is 3.42. The summed E-state index contributed by atoms with van der Waals surface area (Å²) < 4.78 is 6.15. The van der Waals surface area contributed by atoms with Gasteiger partial charge in [0.05, 0.1) is 19.3 Å². The molecule has 0 radical (unpaired) electrons. The number of nitrogens with zero attached hydrogens (tertiary/aromatic N) is 1. The third kappa shape index (κ3) is 1.35. The monoisotopic (exact) mass is 251 g/mol. The Bertz CT molecular complexity index is 404. The molecule has 1 fully saturated rings. The van der Waals surface area contributed by atoms with Crippen molar-refractivity contribution in [1.29, 1.82) is 5.26 Å². The second kappa shape index (κ2) is 3.38. The van der Waals surface area contributed by atoms with E-state index < -0.39 is 5.41 Å². The lowest BCUT2D eigenvalue weighted by Crippen LogP contribution is -2.45. The van der Waals surface area contributed by atoms with Crippen molar-refractivity contribution in [3.8, 4) is 6.07 Å². The molecule has 1 aromatic rings. The quantitative estimate of drug-likeness (QED) is 0.769. The van der Waals surface area contributed by atoms with Gasteiger partial charge in [0.1, 0.15) is 5.41 Å². The molecule has 1 aliphatic heterocycles. The number of rotatable bonds is 1. The second-order valence-electron chi connectivity index (χ2n) is 3.65. The molecule has 3 heteroatoms. The molecule has 0 unspecified atom stereocenters. The molecule has 72 valence electrons. The van der Waals surface area contributed by atoms with Gasteiger partial charge in [-0.25, -0.2) is 0 Å². The average molecular weight is 252 g/mol. The van der Waals surface area contributed by atoms with Gasteiger partial charge in [-0.1, -0.05) is 22.0 Å². The molecule has 14 heavy (non-hydrogen) atoms. The van der Waals surface area contributed by atoms with E-state index in [0.29, 0.717) is 13.2 Å². The Kier molecular flexibility index (Phi) is 2.34. The van der Waals surface area contributed by atoms with Gasteiger partial charge in [-0.15, -0.1) is 0 Å². The molecule has 1 heterocycles. The first-order valence-corrected chi connectivity index (χ1v) is 5.23. The summed E-state index contributed by atoms with van der Waals surface area (Å²) in [5, 5.41) is 9.16. The number of nitriles is 1. The van der Waals surface area contributed by atoms with Crippen LogP contribution in [0.5, 0.6) is 0 Å². The Morgan fingerprint density at radius 2 is 2.21 bits per heavy atom. The molecule has 0 aromatic heterocycles. The first-order chi connectivity index (χ1) is 6.68. The van der Waals surface area contributed by atoms with Crippen LogP contribution in [0.4, 0.5) is 0 Å². The highest BCUT2D eigenvalue weighted by Gasteiger charge is 2.41. The predicted octanol–water partition coefficient (Wildman–Crippen LogP) is 2.55. The zero-order valence-corrected chi connectivity index (χ0v) is 9.47. The predicted molar refractivity (Wildman–Crippen MR) is 57.0 cm³/mol. The van der Waals surface area contributed by atoms with Crippen molar-refractivity contribution in [2.24, 2.45) is 0 Å². The van der Waals surface area contributed by atoms with Gasteiger partial charge >= 0.3 is 0 Å². The van der Waals surface area contributed by atoms with Crippen molar-refractivity contribution in [3.05, 3.63) is 33.8 Å². The lowest BCUT2D eigenvalue weighted by Gasteiger charge is -2.36. The third-order valence-corrected chi connectivity index (χ3v) is 3.12. The van der Waals surface area contributed by atoms with Crippen LogP contribution in [0.15, 0.2) is 22.7 Å². The zero-order chi connectivity index (χ0) is 10.2. The fourth-order valence-electron chi connectivity index (χ4n) is 1.70. The molecule has 0 saturated carbocycles. The van der Waals surface area contributed by atoms with Gasteiger partial charge in [-0.2, -0.15) is 5.26 Å². The van der Waals surface area contributed by atoms with E-state index in [4.69, 9.17) is 10.00 Å². The SMILES string of the molecule is Cc1ccc(Br)cc1C1(C#N)COC1. The van der Waals surface area contributed by atoms with Crippen LogP contribution in [0.25, 0.3) is 0 Å². The van der Waals surface area contributed by atoms with Crippen LogP contribution in [-0.2, 0) is 10.2 Å². The molecule has 1 aliphatic rings. The maximum Gasteiger partial charge on any atom is 0.129 e. The van der Waals surface area contributed by atoms with Crippen LogP contribution in [0.2, 0.25) is 0 Å². The summed E-state index contributed by atoms with van der Waals surface area (Å²) in [6.45, 7) is 3.06. The van der Waals surface area contributed by atoms with E-state index in [2.05, 4.69) is 22.0 Å². The number of ether oxygens (including phenoxy) is 1. The molecule has 0 bridgehead atoms. The molecular weight excluding hydrogens is 242 g/mol. The zero-order valence-electron chi connectivity index (χ0n) is 7.88. The normalized spacial score (nSPS) is 18.4. The van der Waals surface area contributed by atoms with E-state index in [-0.39, 0.29) is 0 Å². The Hall–Kier alpha value is -0.850. The molecule has 0 atom stereocenters. The van der Waals surface area contributed by atoms with Crippen LogP contribution in [-0.4, -0.2) is 13.2 Å². The Morgan fingerprint density at radius 3 is 2.71 bits per heavy atom. The van der Waals surface area contributed by atoms with Gasteiger partial charge in [-0.05, 0) is 30.2 Å². The molecular formula is C11H10BrNO. The van der Waals surface area contributed by atoms with Crippen LogP contribution < -0.4 is 0 Å². The fourth-order valence-corrected chi connectivity index (χ4v) is 2.06. The molecule has 1 saturated heterocycles. The van der Waals surface area contributed by atoms with Crippen LogP contribution in [0.1, 0.15) is 11.1 Å². The van der Waals surface area contributed by atoms with Crippen molar-refractivity contribution < 1.29 is 4.74 Å². The highest BCUT2D eigenvalue weighted by Crippen LogP contribution is 2.35. The van der Waals surface area contributed by atoms with Gasteiger partial charge in [-0.3, -0.25) is 0 Å². The largest absolute Gasteiger partial charge is 0.377 e. The number of benzene rings is 1. The van der Waals surface area contributed by atoms with E-state index >= 15 is 0 Å². The smallest absolute Gasteiger partial charge is 0.129 e. The average Bonchev–Trinajstić information content (AvgIpc) is 2.10. The minimum absolute atomic E-state index is 0.409. The topological polar surface area (TPSA) is 33.0 Å². The third-order valence-electron chi connectivity index (χ3n) is 2.63. The van der Waals surface area contributed by atoms with E-state index in [1.165, 1.54) is 0 Å². The summed E-state index contributed by atoms with van der Waals surface area (Å²) in [6, 6.07) is 8.38. The van der Waals surface area contributed by atoms with Crippen molar-refractivity contribution in [3.63, 3.8) is 0 Å². The summed E-state index contributed by atoms with van der Waals surface area (Å²) in [6.07, 6.45) is 0. The summed E-state index contributed by atoms with van der Waals surface area (Å²) in [5.74, 6) is 0. The Labute approximate surface area is 91.6 Å². The van der Waals surface area contributed by atoms with E-state index in [1.54, 1.807) is 0 Å². The van der Waals surface area contributed by atoms with E-state index in [1.807, 2.05) is 25.1 Å². The Balaban J connectivity index is 2.50. The molecule has 0 spiro atoms. The number of hydrogen-bond acceptors (Lipinski definition) is 2. The lowest BCUT2D eigenvalue weighted by atomic mass is 9.78. The van der Waals surface area contributed by atoms with Gasteiger partial charge in [0.25, 0.3) is 0 Å². The molecule has 2 rings (SSSR count). The van der Waals surface area contributed by atoms with Gasteiger partial charge in [0, 0.05) is 4.47 Å². The van der Waals surface area contributed by atoms with Crippen molar-refractivity contribution in [2.75, 3.05) is 13.2 Å². The molecule has 0 N–H and O–H groups in total. The minimum Gasteiger partial charge on any atom is -0.377 e. The standard InChI is InChI=1S/C11H10BrNO/c1-8-2-3-9(12)4-10(8)11(5-13)6-14-7-11/h2-4H,6-7H2,1H3. The molecule has 1 aromatic carbocycles. The lowest BCUT2D eigenvalue weighted by molar-refractivity contribution is -0.0301. The van der Waals surface area contributed by atoms with Crippen molar-refractivity contribution in [1.82, 2.24) is 0 Å². The van der Waals surface area contributed by atoms with Gasteiger partial charge < -0.3 is 4.74 Å². The van der Waals surface area contributed by atoms with E-state index in [9.17, 15) is 0 Å². The number of aryl methyl sites for hydroxylation is 1. The fraction of sp³-hybridized carbons (Fsp3) is 0.364. The molecule has 2 nitrogen and oxygen atoms in total. The second-order valence-corrected chi connectivity index (χ2v) is 4.56. The number of hydrogen-bond donors (Lipinski definition) is 0. The first-order valence-electron chi connectivity index (χ1n) is 4.44. The van der Waals surface area contributed by atoms with Crippen LogP contribution in [0, 0.1) is 18.3 Å². The van der Waals surface area contributed by atoms with E-state index in [0.717, 1.165) is 15.6 Å². The van der Waals surface area contributed by atoms with Crippen molar-refractivity contribution >= 4 is 15.9 Å². The maximum absolute atomic E-state index is 9.16. The highest BCUT2D eigenvalue weighted by atomic mass is 79.9. The molecule has 0 aliphatic carbocycles. The first kappa shape index (κ1) is 9.70.